The predicted molar refractivity (Wildman–Crippen MR) is 89.0 cm³/mol. The Bertz CT molecular complexity index is 624. The number of hydrogen-bond acceptors (Lipinski definition) is 2. The zero-order valence-electron chi connectivity index (χ0n) is 13.2. The van der Waals surface area contributed by atoms with Crippen molar-refractivity contribution in [3.8, 4) is 0 Å². The van der Waals surface area contributed by atoms with Gasteiger partial charge >= 0.3 is 0 Å². The van der Waals surface area contributed by atoms with Crippen molar-refractivity contribution < 1.29 is 0 Å². The maximum absolute atomic E-state index is 5.09. The molecule has 4 rings (SSSR count). The minimum atomic E-state index is 0.694. The van der Waals surface area contributed by atoms with Crippen LogP contribution in [-0.2, 0) is 19.5 Å². The molecule has 0 amide bonds. The second kappa shape index (κ2) is 6.25. The molecule has 1 aromatic carbocycles. The Morgan fingerprint density at radius 1 is 1.09 bits per heavy atom. The van der Waals surface area contributed by atoms with Gasteiger partial charge in [-0.3, -0.25) is 4.68 Å². The van der Waals surface area contributed by atoms with E-state index in [0.717, 1.165) is 26.1 Å². The van der Waals surface area contributed by atoms with Gasteiger partial charge in [0.1, 0.15) is 0 Å². The molecule has 0 spiro atoms. The van der Waals surface area contributed by atoms with Crippen LogP contribution in [0.5, 0.6) is 0 Å². The van der Waals surface area contributed by atoms with Gasteiger partial charge < -0.3 is 5.32 Å². The fourth-order valence-corrected chi connectivity index (χ4v) is 4.04. The molecule has 0 radical (unpaired) electrons. The summed E-state index contributed by atoms with van der Waals surface area (Å²) < 4.78 is 2.29. The van der Waals surface area contributed by atoms with Crippen molar-refractivity contribution in [2.75, 3.05) is 6.54 Å². The lowest BCUT2D eigenvalue weighted by Gasteiger charge is -2.22. The van der Waals surface area contributed by atoms with E-state index >= 15 is 0 Å². The van der Waals surface area contributed by atoms with Crippen molar-refractivity contribution in [2.45, 2.75) is 57.5 Å². The minimum Gasteiger partial charge on any atom is -0.312 e. The van der Waals surface area contributed by atoms with E-state index < -0.39 is 0 Å². The number of rotatable bonds is 3. The second-order valence-electron chi connectivity index (χ2n) is 6.72. The zero-order valence-corrected chi connectivity index (χ0v) is 13.2. The molecule has 3 heteroatoms. The molecule has 0 atom stereocenters. The first-order valence-electron chi connectivity index (χ1n) is 8.75. The Morgan fingerprint density at radius 3 is 2.73 bits per heavy atom. The molecule has 1 aliphatic carbocycles. The van der Waals surface area contributed by atoms with Gasteiger partial charge in [0.15, 0.2) is 0 Å². The van der Waals surface area contributed by atoms with E-state index in [-0.39, 0.29) is 0 Å². The van der Waals surface area contributed by atoms with Crippen LogP contribution in [0.3, 0.4) is 0 Å². The van der Waals surface area contributed by atoms with E-state index in [4.69, 9.17) is 5.10 Å². The smallest absolute Gasteiger partial charge is 0.0703 e. The number of aromatic nitrogens is 2. The van der Waals surface area contributed by atoms with Gasteiger partial charge in [-0.25, -0.2) is 0 Å². The minimum absolute atomic E-state index is 0.694. The average molecular weight is 295 g/mol. The van der Waals surface area contributed by atoms with Gasteiger partial charge in [-0.05, 0) is 18.4 Å². The van der Waals surface area contributed by atoms with E-state index in [1.54, 1.807) is 0 Å². The molecule has 1 fully saturated rings. The van der Waals surface area contributed by atoms with E-state index in [0.29, 0.717) is 5.92 Å². The number of hydrogen-bond donors (Lipinski definition) is 1. The van der Waals surface area contributed by atoms with Crippen LogP contribution in [0.25, 0.3) is 0 Å². The van der Waals surface area contributed by atoms with Gasteiger partial charge in [-0.1, -0.05) is 49.6 Å². The molecule has 2 heterocycles. The summed E-state index contributed by atoms with van der Waals surface area (Å²) in [5.74, 6) is 0.694. The number of nitrogens with one attached hydrogen (secondary N) is 1. The van der Waals surface area contributed by atoms with Crippen molar-refractivity contribution in [1.29, 1.82) is 0 Å². The maximum atomic E-state index is 5.09. The van der Waals surface area contributed by atoms with E-state index in [1.807, 2.05) is 0 Å². The first-order chi connectivity index (χ1) is 10.9. The highest BCUT2D eigenvalue weighted by Gasteiger charge is 2.26. The van der Waals surface area contributed by atoms with Crippen molar-refractivity contribution in [1.82, 2.24) is 15.1 Å². The summed E-state index contributed by atoms with van der Waals surface area (Å²) in [6.07, 6.45) is 7.92. The Balaban J connectivity index is 1.67. The normalized spacial score (nSPS) is 19.1. The molecular formula is C19H25N3. The predicted octanol–water partition coefficient (Wildman–Crippen LogP) is 3.62. The highest BCUT2D eigenvalue weighted by Crippen LogP contribution is 2.35. The van der Waals surface area contributed by atoms with Crippen LogP contribution in [0.15, 0.2) is 30.3 Å². The summed E-state index contributed by atoms with van der Waals surface area (Å²) in [7, 11) is 0. The molecule has 2 aromatic rings. The van der Waals surface area contributed by atoms with Crippen LogP contribution < -0.4 is 5.32 Å². The topological polar surface area (TPSA) is 29.9 Å². The standard InChI is InChI=1S/C19H25N3/c1-3-7-15(8-4-1)14-22-18-11-12-20-13-17(18)19(21-22)16-9-5-2-6-10-16/h1,3-4,7-8,16,20H,2,5-6,9-14H2. The molecule has 0 bridgehead atoms. The van der Waals surface area contributed by atoms with Crippen LogP contribution >= 0.6 is 0 Å². The fourth-order valence-electron chi connectivity index (χ4n) is 4.04. The summed E-state index contributed by atoms with van der Waals surface area (Å²) in [5.41, 5.74) is 5.73. The monoisotopic (exact) mass is 295 g/mol. The van der Waals surface area contributed by atoms with E-state index in [1.165, 1.54) is 54.6 Å². The fraction of sp³-hybridized carbons (Fsp3) is 0.526. The Kier molecular flexibility index (Phi) is 3.98. The quantitative estimate of drug-likeness (QED) is 0.937. The molecule has 1 aromatic heterocycles. The van der Waals surface area contributed by atoms with Crippen molar-refractivity contribution in [3.05, 3.63) is 52.8 Å². The number of benzene rings is 1. The van der Waals surface area contributed by atoms with Gasteiger partial charge in [0, 0.05) is 36.7 Å². The average Bonchev–Trinajstić information content (AvgIpc) is 2.96. The van der Waals surface area contributed by atoms with Crippen LogP contribution in [0, 0.1) is 0 Å². The molecule has 2 aliphatic rings. The van der Waals surface area contributed by atoms with E-state index in [9.17, 15) is 0 Å². The van der Waals surface area contributed by atoms with E-state index in [2.05, 4.69) is 40.3 Å². The first-order valence-corrected chi connectivity index (χ1v) is 8.75. The molecule has 0 saturated heterocycles. The summed E-state index contributed by atoms with van der Waals surface area (Å²) in [4.78, 5) is 0. The summed E-state index contributed by atoms with van der Waals surface area (Å²) in [5, 5.41) is 8.63. The molecule has 3 nitrogen and oxygen atoms in total. The third kappa shape index (κ3) is 2.70. The first kappa shape index (κ1) is 14.0. The number of fused-ring (bicyclic) bond motifs is 1. The SMILES string of the molecule is c1ccc(Cn2nc(C3CCCCC3)c3c2CCNC3)cc1. The molecule has 116 valence electrons. The lowest BCUT2D eigenvalue weighted by molar-refractivity contribution is 0.430. The van der Waals surface area contributed by atoms with Gasteiger partial charge in [-0.15, -0.1) is 0 Å². The third-order valence-corrected chi connectivity index (χ3v) is 5.20. The zero-order chi connectivity index (χ0) is 14.8. The molecule has 1 aliphatic heterocycles. The van der Waals surface area contributed by atoms with Crippen molar-refractivity contribution in [2.24, 2.45) is 0 Å². The molecule has 22 heavy (non-hydrogen) atoms. The lowest BCUT2D eigenvalue weighted by atomic mass is 9.84. The molecule has 0 unspecified atom stereocenters. The highest BCUT2D eigenvalue weighted by molar-refractivity contribution is 5.32. The van der Waals surface area contributed by atoms with Crippen molar-refractivity contribution >= 4 is 0 Å². The van der Waals surface area contributed by atoms with Gasteiger partial charge in [0.2, 0.25) is 0 Å². The number of nitrogens with zero attached hydrogens (tertiary/aromatic N) is 2. The summed E-state index contributed by atoms with van der Waals surface area (Å²) in [6.45, 7) is 3.00. The van der Waals surface area contributed by atoms with Crippen LogP contribution in [-0.4, -0.2) is 16.3 Å². The third-order valence-electron chi connectivity index (χ3n) is 5.20. The van der Waals surface area contributed by atoms with Crippen LogP contribution in [0.2, 0.25) is 0 Å². The lowest BCUT2D eigenvalue weighted by Crippen LogP contribution is -2.25. The van der Waals surface area contributed by atoms with Gasteiger partial charge in [-0.2, -0.15) is 5.10 Å². The summed E-state index contributed by atoms with van der Waals surface area (Å²) >= 11 is 0. The van der Waals surface area contributed by atoms with Crippen molar-refractivity contribution in [3.63, 3.8) is 0 Å². The summed E-state index contributed by atoms with van der Waals surface area (Å²) in [6, 6.07) is 10.7. The highest BCUT2D eigenvalue weighted by atomic mass is 15.3. The maximum Gasteiger partial charge on any atom is 0.0703 e. The van der Waals surface area contributed by atoms with Gasteiger partial charge in [0.25, 0.3) is 0 Å². The Hall–Kier alpha value is -1.61. The Labute approximate surface area is 132 Å². The Morgan fingerprint density at radius 2 is 1.91 bits per heavy atom. The van der Waals surface area contributed by atoms with Crippen LogP contribution in [0.4, 0.5) is 0 Å². The largest absolute Gasteiger partial charge is 0.312 e. The molecule has 1 N–H and O–H groups in total. The van der Waals surface area contributed by atoms with Crippen LogP contribution in [0.1, 0.15) is 60.5 Å². The second-order valence-corrected chi connectivity index (χ2v) is 6.72. The molecular weight excluding hydrogens is 270 g/mol. The van der Waals surface area contributed by atoms with Gasteiger partial charge in [0.05, 0.1) is 12.2 Å². The molecule has 1 saturated carbocycles.